The number of piperidine rings is 1. The number of rotatable bonds is 7. The zero-order valence-electron chi connectivity index (χ0n) is 14.9. The fourth-order valence-electron chi connectivity index (χ4n) is 3.42. The summed E-state index contributed by atoms with van der Waals surface area (Å²) >= 11 is 0. The second kappa shape index (κ2) is 12.3. The average molecular weight is 438 g/mol. The van der Waals surface area contributed by atoms with Gasteiger partial charge in [-0.15, -0.1) is 24.0 Å². The van der Waals surface area contributed by atoms with Crippen molar-refractivity contribution >= 4 is 29.9 Å². The highest BCUT2D eigenvalue weighted by Gasteiger charge is 2.17. The van der Waals surface area contributed by atoms with Gasteiger partial charge in [-0.3, -0.25) is 4.99 Å². The number of hydrogen-bond acceptors (Lipinski definition) is 3. The lowest BCUT2D eigenvalue weighted by molar-refractivity contribution is 0.105. The number of ether oxygens (including phenoxy) is 1. The van der Waals surface area contributed by atoms with Crippen molar-refractivity contribution in [3.05, 3.63) is 0 Å². The Hall–Kier alpha value is -0.0800. The number of aliphatic imine (C=N–C) groups is 1. The van der Waals surface area contributed by atoms with Crippen molar-refractivity contribution in [3.8, 4) is 0 Å². The van der Waals surface area contributed by atoms with Crippen molar-refractivity contribution in [2.75, 3.05) is 39.8 Å². The molecule has 2 fully saturated rings. The summed E-state index contributed by atoms with van der Waals surface area (Å²) in [5, 5.41) is 6.81. The molecule has 0 amide bonds. The second-order valence-electron chi connectivity index (χ2n) is 6.58. The monoisotopic (exact) mass is 438 g/mol. The highest BCUT2D eigenvalue weighted by Crippen LogP contribution is 2.16. The lowest BCUT2D eigenvalue weighted by Gasteiger charge is -2.33. The first-order chi connectivity index (χ1) is 10.8. The van der Waals surface area contributed by atoms with Crippen LogP contribution in [0, 0.1) is 0 Å². The number of guanidine groups is 1. The van der Waals surface area contributed by atoms with Crippen LogP contribution < -0.4 is 10.6 Å². The molecule has 5 nitrogen and oxygen atoms in total. The van der Waals surface area contributed by atoms with Gasteiger partial charge in [0.15, 0.2) is 5.96 Å². The predicted octanol–water partition coefficient (Wildman–Crippen LogP) is 2.60. The molecular weight excluding hydrogens is 403 g/mol. The summed E-state index contributed by atoms with van der Waals surface area (Å²) in [6.07, 6.45) is 9.25. The first-order valence-electron chi connectivity index (χ1n) is 9.10. The van der Waals surface area contributed by atoms with Crippen LogP contribution in [0.4, 0.5) is 0 Å². The molecular formula is C17H35IN4O. The molecule has 136 valence electrons. The Morgan fingerprint density at radius 3 is 2.70 bits per heavy atom. The van der Waals surface area contributed by atoms with E-state index in [0.29, 0.717) is 6.10 Å². The van der Waals surface area contributed by atoms with E-state index in [1.807, 2.05) is 7.05 Å². The maximum atomic E-state index is 5.64. The molecule has 2 saturated heterocycles. The van der Waals surface area contributed by atoms with Crippen LogP contribution in [0.25, 0.3) is 0 Å². The molecule has 2 unspecified atom stereocenters. The Morgan fingerprint density at radius 2 is 2.00 bits per heavy atom. The zero-order valence-corrected chi connectivity index (χ0v) is 17.2. The van der Waals surface area contributed by atoms with Crippen LogP contribution in [0.3, 0.4) is 0 Å². The summed E-state index contributed by atoms with van der Waals surface area (Å²) in [4.78, 5) is 6.92. The molecule has 0 aromatic rings. The Morgan fingerprint density at radius 1 is 1.17 bits per heavy atom. The van der Waals surface area contributed by atoms with E-state index >= 15 is 0 Å². The van der Waals surface area contributed by atoms with Gasteiger partial charge in [0.2, 0.25) is 0 Å². The summed E-state index contributed by atoms with van der Waals surface area (Å²) in [5.41, 5.74) is 0. The molecule has 0 spiro atoms. The Kier molecular flexibility index (Phi) is 11.2. The molecule has 2 aliphatic rings. The first-order valence-corrected chi connectivity index (χ1v) is 9.10. The molecule has 2 N–H and O–H groups in total. The molecule has 0 aromatic carbocycles. The van der Waals surface area contributed by atoms with Crippen LogP contribution in [0.15, 0.2) is 4.99 Å². The minimum absolute atomic E-state index is 0. The molecule has 0 aromatic heterocycles. The van der Waals surface area contributed by atoms with E-state index in [9.17, 15) is 0 Å². The molecule has 2 heterocycles. The molecule has 0 aliphatic carbocycles. The maximum absolute atomic E-state index is 5.64. The normalized spacial score (nSPS) is 25.9. The molecule has 2 aliphatic heterocycles. The van der Waals surface area contributed by atoms with Gasteiger partial charge in [0.05, 0.1) is 6.10 Å². The van der Waals surface area contributed by atoms with E-state index in [-0.39, 0.29) is 24.0 Å². The van der Waals surface area contributed by atoms with E-state index in [4.69, 9.17) is 4.74 Å². The van der Waals surface area contributed by atoms with E-state index in [1.165, 1.54) is 51.6 Å². The van der Waals surface area contributed by atoms with Crippen LogP contribution in [0.5, 0.6) is 0 Å². The minimum Gasteiger partial charge on any atom is -0.378 e. The highest BCUT2D eigenvalue weighted by atomic mass is 127. The summed E-state index contributed by atoms with van der Waals surface area (Å²) in [6, 6.07) is 0.762. The van der Waals surface area contributed by atoms with Crippen molar-refractivity contribution in [2.24, 2.45) is 4.99 Å². The van der Waals surface area contributed by atoms with E-state index < -0.39 is 0 Å². The first kappa shape index (κ1) is 21.0. The zero-order chi connectivity index (χ0) is 15.6. The topological polar surface area (TPSA) is 48.9 Å². The molecule has 23 heavy (non-hydrogen) atoms. The van der Waals surface area contributed by atoms with Crippen molar-refractivity contribution in [2.45, 2.75) is 64.0 Å². The van der Waals surface area contributed by atoms with Crippen molar-refractivity contribution in [1.29, 1.82) is 0 Å². The molecule has 2 atom stereocenters. The third-order valence-electron chi connectivity index (χ3n) is 4.86. The average Bonchev–Trinajstić information content (AvgIpc) is 3.04. The largest absolute Gasteiger partial charge is 0.378 e. The lowest BCUT2D eigenvalue weighted by Crippen LogP contribution is -2.41. The van der Waals surface area contributed by atoms with Gasteiger partial charge in [0, 0.05) is 39.3 Å². The third kappa shape index (κ3) is 8.03. The Bertz CT molecular complexity index is 335. The van der Waals surface area contributed by atoms with Crippen LogP contribution in [-0.2, 0) is 4.74 Å². The van der Waals surface area contributed by atoms with E-state index in [0.717, 1.165) is 38.1 Å². The van der Waals surface area contributed by atoms with Gasteiger partial charge in [-0.05, 0) is 52.0 Å². The summed E-state index contributed by atoms with van der Waals surface area (Å²) in [7, 11) is 1.84. The minimum atomic E-state index is 0. The second-order valence-corrected chi connectivity index (χ2v) is 6.58. The third-order valence-corrected chi connectivity index (χ3v) is 4.86. The van der Waals surface area contributed by atoms with Gasteiger partial charge in [-0.1, -0.05) is 6.42 Å². The van der Waals surface area contributed by atoms with Gasteiger partial charge < -0.3 is 20.3 Å². The summed E-state index contributed by atoms with van der Waals surface area (Å²) in [5.74, 6) is 0.921. The number of nitrogens with zero attached hydrogens (tertiary/aromatic N) is 2. The summed E-state index contributed by atoms with van der Waals surface area (Å²) < 4.78 is 5.64. The van der Waals surface area contributed by atoms with Crippen molar-refractivity contribution < 1.29 is 4.74 Å². The number of hydrogen-bond donors (Lipinski definition) is 2. The van der Waals surface area contributed by atoms with Crippen molar-refractivity contribution in [1.82, 2.24) is 15.5 Å². The van der Waals surface area contributed by atoms with E-state index in [1.54, 1.807) is 0 Å². The Labute approximate surface area is 159 Å². The SMILES string of the molecule is CN=C(NCCCN1CCCCC1C)NCCC1CCCO1.I. The number of likely N-dealkylation sites (tertiary alicyclic amines) is 1. The van der Waals surface area contributed by atoms with Crippen LogP contribution in [0.2, 0.25) is 0 Å². The van der Waals surface area contributed by atoms with Crippen molar-refractivity contribution in [3.63, 3.8) is 0 Å². The molecule has 0 radical (unpaired) electrons. The van der Waals surface area contributed by atoms with Gasteiger partial charge >= 0.3 is 0 Å². The van der Waals surface area contributed by atoms with Crippen LogP contribution in [-0.4, -0.2) is 62.8 Å². The number of nitrogens with one attached hydrogen (secondary N) is 2. The highest BCUT2D eigenvalue weighted by molar-refractivity contribution is 14.0. The lowest BCUT2D eigenvalue weighted by atomic mass is 10.0. The quantitative estimate of drug-likeness (QED) is 0.278. The maximum Gasteiger partial charge on any atom is 0.190 e. The smallest absolute Gasteiger partial charge is 0.190 e. The van der Waals surface area contributed by atoms with Gasteiger partial charge in [0.1, 0.15) is 0 Å². The van der Waals surface area contributed by atoms with Gasteiger partial charge in [-0.2, -0.15) is 0 Å². The molecule has 2 rings (SSSR count). The fourth-order valence-corrected chi connectivity index (χ4v) is 3.42. The van der Waals surface area contributed by atoms with Crippen LogP contribution >= 0.6 is 24.0 Å². The van der Waals surface area contributed by atoms with Gasteiger partial charge in [0.25, 0.3) is 0 Å². The fraction of sp³-hybridized carbons (Fsp3) is 0.941. The standard InChI is InChI=1S/C17H34N4O.HI/c1-15-7-3-4-12-21(15)13-6-10-19-17(18-2)20-11-9-16-8-5-14-22-16;/h15-16H,3-14H2,1-2H3,(H2,18,19,20);1H. The van der Waals surface area contributed by atoms with E-state index in [2.05, 4.69) is 27.4 Å². The van der Waals surface area contributed by atoms with Crippen LogP contribution in [0.1, 0.15) is 51.9 Å². The summed E-state index contributed by atoms with van der Waals surface area (Å²) in [6.45, 7) is 7.69. The molecule has 6 heteroatoms. The number of halogens is 1. The molecule has 0 saturated carbocycles. The molecule has 0 bridgehead atoms. The van der Waals surface area contributed by atoms with Gasteiger partial charge in [-0.25, -0.2) is 0 Å². The predicted molar refractivity (Wildman–Crippen MR) is 108 cm³/mol. The Balaban J connectivity index is 0.00000264.